The molecule has 0 saturated heterocycles. The summed E-state index contributed by atoms with van der Waals surface area (Å²) in [6, 6.07) is 5.01. The summed E-state index contributed by atoms with van der Waals surface area (Å²) >= 11 is 1.81. The van der Waals surface area contributed by atoms with E-state index in [0.717, 1.165) is 32.2 Å². The van der Waals surface area contributed by atoms with E-state index >= 15 is 0 Å². The highest BCUT2D eigenvalue weighted by Gasteiger charge is 2.27. The van der Waals surface area contributed by atoms with Gasteiger partial charge in [0.2, 0.25) is 0 Å². The fourth-order valence-corrected chi connectivity index (χ4v) is 3.34. The minimum Gasteiger partial charge on any atom is -0.444 e. The molecule has 2 atom stereocenters. The number of nitrogens with one attached hydrogen (secondary N) is 2. The Hall–Kier alpha value is -1.07. The SMILES string of the molecule is CC(C)(C)OC(=O)NC1CCC(NCCc2cccs2)C1. The molecule has 118 valence electrons. The van der Waals surface area contributed by atoms with Crippen molar-refractivity contribution in [1.82, 2.24) is 10.6 Å². The van der Waals surface area contributed by atoms with Gasteiger partial charge in [-0.2, -0.15) is 0 Å². The lowest BCUT2D eigenvalue weighted by Crippen LogP contribution is -2.39. The number of hydrogen-bond acceptors (Lipinski definition) is 4. The second-order valence-corrected chi connectivity index (χ2v) is 7.67. The lowest BCUT2D eigenvalue weighted by molar-refractivity contribution is 0.0505. The minimum atomic E-state index is -0.430. The highest BCUT2D eigenvalue weighted by atomic mass is 32.1. The predicted octanol–water partition coefficient (Wildman–Crippen LogP) is 3.33. The highest BCUT2D eigenvalue weighted by molar-refractivity contribution is 7.09. The quantitative estimate of drug-likeness (QED) is 0.877. The van der Waals surface area contributed by atoms with Gasteiger partial charge in [-0.05, 0) is 57.9 Å². The molecule has 5 heteroatoms. The van der Waals surface area contributed by atoms with Crippen LogP contribution in [-0.4, -0.2) is 30.3 Å². The first-order valence-corrected chi connectivity index (χ1v) is 8.55. The fourth-order valence-electron chi connectivity index (χ4n) is 2.63. The van der Waals surface area contributed by atoms with Crippen molar-refractivity contribution in [2.24, 2.45) is 0 Å². The Bertz CT molecular complexity index is 440. The molecule has 1 fully saturated rings. The third-order valence-electron chi connectivity index (χ3n) is 3.54. The number of hydrogen-bond donors (Lipinski definition) is 2. The van der Waals surface area contributed by atoms with Gasteiger partial charge in [-0.25, -0.2) is 4.79 Å². The second-order valence-electron chi connectivity index (χ2n) is 6.64. The van der Waals surface area contributed by atoms with Crippen LogP contribution in [0.5, 0.6) is 0 Å². The molecule has 1 amide bonds. The topological polar surface area (TPSA) is 50.4 Å². The Morgan fingerprint density at radius 2 is 2.14 bits per heavy atom. The maximum atomic E-state index is 11.7. The Kier molecular flexibility index (Phi) is 5.65. The minimum absolute atomic E-state index is 0.235. The van der Waals surface area contributed by atoms with Crippen LogP contribution in [0.2, 0.25) is 0 Å². The summed E-state index contributed by atoms with van der Waals surface area (Å²) in [6.45, 7) is 6.66. The molecule has 0 aliphatic heterocycles. The van der Waals surface area contributed by atoms with Gasteiger partial charge < -0.3 is 15.4 Å². The Morgan fingerprint density at radius 3 is 2.81 bits per heavy atom. The first kappa shape index (κ1) is 16.3. The molecule has 1 aromatic rings. The fraction of sp³-hybridized carbons (Fsp3) is 0.688. The van der Waals surface area contributed by atoms with Gasteiger partial charge in [-0.1, -0.05) is 6.07 Å². The van der Waals surface area contributed by atoms with Crippen LogP contribution in [0.4, 0.5) is 4.79 Å². The number of carbonyl (C=O) groups is 1. The monoisotopic (exact) mass is 310 g/mol. The average molecular weight is 310 g/mol. The molecule has 0 bridgehead atoms. The molecule has 0 radical (unpaired) electrons. The van der Waals surface area contributed by atoms with Gasteiger partial charge in [0.15, 0.2) is 0 Å². The molecular weight excluding hydrogens is 284 g/mol. The zero-order valence-corrected chi connectivity index (χ0v) is 14.0. The van der Waals surface area contributed by atoms with Crippen molar-refractivity contribution in [2.75, 3.05) is 6.54 Å². The van der Waals surface area contributed by atoms with Crippen molar-refractivity contribution in [1.29, 1.82) is 0 Å². The van der Waals surface area contributed by atoms with E-state index in [1.165, 1.54) is 4.88 Å². The first-order chi connectivity index (χ1) is 9.92. The van der Waals surface area contributed by atoms with Crippen LogP contribution in [0.25, 0.3) is 0 Å². The van der Waals surface area contributed by atoms with E-state index in [1.807, 2.05) is 20.8 Å². The van der Waals surface area contributed by atoms with Crippen LogP contribution in [0.3, 0.4) is 0 Å². The molecule has 0 aromatic carbocycles. The van der Waals surface area contributed by atoms with Crippen molar-refractivity contribution in [2.45, 2.75) is 64.1 Å². The van der Waals surface area contributed by atoms with Crippen molar-refractivity contribution >= 4 is 17.4 Å². The van der Waals surface area contributed by atoms with E-state index in [9.17, 15) is 4.79 Å². The van der Waals surface area contributed by atoms with E-state index < -0.39 is 5.60 Å². The zero-order valence-electron chi connectivity index (χ0n) is 13.1. The molecule has 1 aromatic heterocycles. The van der Waals surface area contributed by atoms with Gasteiger partial charge in [-0.3, -0.25) is 0 Å². The van der Waals surface area contributed by atoms with Crippen molar-refractivity contribution in [3.8, 4) is 0 Å². The summed E-state index contributed by atoms with van der Waals surface area (Å²) in [4.78, 5) is 13.2. The van der Waals surface area contributed by atoms with Crippen molar-refractivity contribution in [3.63, 3.8) is 0 Å². The predicted molar refractivity (Wildman–Crippen MR) is 86.8 cm³/mol. The van der Waals surface area contributed by atoms with E-state index in [-0.39, 0.29) is 12.1 Å². The summed E-state index contributed by atoms with van der Waals surface area (Å²) in [7, 11) is 0. The Morgan fingerprint density at radius 1 is 1.38 bits per heavy atom. The third-order valence-corrected chi connectivity index (χ3v) is 4.47. The number of ether oxygens (including phenoxy) is 1. The van der Waals surface area contributed by atoms with E-state index in [2.05, 4.69) is 28.1 Å². The van der Waals surface area contributed by atoms with Gasteiger partial charge >= 0.3 is 6.09 Å². The molecule has 1 saturated carbocycles. The number of carbonyl (C=O) groups excluding carboxylic acids is 1. The van der Waals surface area contributed by atoms with Gasteiger partial charge in [-0.15, -0.1) is 11.3 Å². The van der Waals surface area contributed by atoms with Gasteiger partial charge in [0.25, 0.3) is 0 Å². The first-order valence-electron chi connectivity index (χ1n) is 7.67. The normalized spacial score (nSPS) is 22.2. The number of thiophene rings is 1. The molecule has 21 heavy (non-hydrogen) atoms. The molecule has 2 rings (SSSR count). The maximum Gasteiger partial charge on any atom is 0.407 e. The summed E-state index contributed by atoms with van der Waals surface area (Å²) in [6.07, 6.45) is 3.91. The maximum absolute atomic E-state index is 11.7. The summed E-state index contributed by atoms with van der Waals surface area (Å²) in [5.74, 6) is 0. The average Bonchev–Trinajstić information content (AvgIpc) is 2.98. The van der Waals surface area contributed by atoms with Crippen LogP contribution in [0, 0.1) is 0 Å². The summed E-state index contributed by atoms with van der Waals surface area (Å²) in [5.41, 5.74) is -0.430. The highest BCUT2D eigenvalue weighted by Crippen LogP contribution is 2.20. The van der Waals surface area contributed by atoms with Crippen molar-refractivity contribution < 1.29 is 9.53 Å². The Balaban J connectivity index is 1.63. The van der Waals surface area contributed by atoms with Crippen LogP contribution in [0.1, 0.15) is 44.9 Å². The number of amides is 1. The van der Waals surface area contributed by atoms with E-state index in [0.29, 0.717) is 6.04 Å². The van der Waals surface area contributed by atoms with E-state index in [1.54, 1.807) is 11.3 Å². The number of alkyl carbamates (subject to hydrolysis) is 1. The van der Waals surface area contributed by atoms with Gasteiger partial charge in [0.1, 0.15) is 5.60 Å². The van der Waals surface area contributed by atoms with Crippen LogP contribution < -0.4 is 10.6 Å². The molecule has 2 N–H and O–H groups in total. The van der Waals surface area contributed by atoms with Crippen LogP contribution in [0.15, 0.2) is 17.5 Å². The van der Waals surface area contributed by atoms with Crippen LogP contribution in [-0.2, 0) is 11.2 Å². The molecule has 1 heterocycles. The molecule has 0 spiro atoms. The smallest absolute Gasteiger partial charge is 0.407 e. The van der Waals surface area contributed by atoms with E-state index in [4.69, 9.17) is 4.74 Å². The molecule has 2 unspecified atom stereocenters. The number of rotatable bonds is 5. The molecule has 1 aliphatic carbocycles. The van der Waals surface area contributed by atoms with Crippen molar-refractivity contribution in [3.05, 3.63) is 22.4 Å². The van der Waals surface area contributed by atoms with Gasteiger partial charge in [0.05, 0.1) is 0 Å². The molecular formula is C16H26N2O2S. The standard InChI is InChI=1S/C16H26N2O2S/c1-16(2,3)20-15(19)18-13-7-6-12(11-13)17-9-8-14-5-4-10-21-14/h4-5,10,12-13,17H,6-9,11H2,1-3H3,(H,18,19). The third kappa shape index (κ3) is 6.06. The summed E-state index contributed by atoms with van der Waals surface area (Å²) < 4.78 is 5.30. The Labute approximate surface area is 131 Å². The zero-order chi connectivity index (χ0) is 15.3. The largest absolute Gasteiger partial charge is 0.444 e. The molecule has 1 aliphatic rings. The summed E-state index contributed by atoms with van der Waals surface area (Å²) in [5, 5.41) is 8.67. The van der Waals surface area contributed by atoms with Crippen LogP contribution >= 0.6 is 11.3 Å². The second kappa shape index (κ2) is 7.27. The molecule has 4 nitrogen and oxygen atoms in total. The lowest BCUT2D eigenvalue weighted by atomic mass is 10.2. The lowest BCUT2D eigenvalue weighted by Gasteiger charge is -2.21. The van der Waals surface area contributed by atoms with Gasteiger partial charge in [0, 0.05) is 23.5 Å².